The van der Waals surface area contributed by atoms with Gasteiger partial charge >= 0.3 is 6.09 Å². The third kappa shape index (κ3) is 5.13. The van der Waals surface area contributed by atoms with Gasteiger partial charge in [-0.2, -0.15) is 0 Å². The van der Waals surface area contributed by atoms with Crippen LogP contribution in [0.5, 0.6) is 0 Å². The Morgan fingerprint density at radius 1 is 1.03 bits per heavy atom. The van der Waals surface area contributed by atoms with Crippen LogP contribution in [0.25, 0.3) is 21.3 Å². The highest BCUT2D eigenvalue weighted by Crippen LogP contribution is 2.29. The van der Waals surface area contributed by atoms with Crippen LogP contribution < -0.4 is 5.32 Å². The van der Waals surface area contributed by atoms with Crippen molar-refractivity contribution in [3.8, 4) is 11.1 Å². The molecule has 0 saturated heterocycles. The van der Waals surface area contributed by atoms with Crippen LogP contribution >= 0.6 is 11.3 Å². The van der Waals surface area contributed by atoms with E-state index >= 15 is 0 Å². The normalized spacial score (nSPS) is 12.2. The van der Waals surface area contributed by atoms with Crippen LogP contribution in [0.15, 0.2) is 52.9 Å². The number of fused-ring (bicyclic) bond motifs is 1. The number of nitrogens with one attached hydrogen (secondary N) is 1. The van der Waals surface area contributed by atoms with Gasteiger partial charge in [-0.15, -0.1) is 21.5 Å². The summed E-state index contributed by atoms with van der Waals surface area (Å²) in [6.07, 6.45) is -0.113. The summed E-state index contributed by atoms with van der Waals surface area (Å²) < 4.78 is 12.3. The van der Waals surface area contributed by atoms with Crippen molar-refractivity contribution in [3.05, 3.63) is 65.3 Å². The van der Waals surface area contributed by atoms with Gasteiger partial charge in [0, 0.05) is 0 Å². The van der Waals surface area contributed by atoms with Crippen LogP contribution in [0.1, 0.15) is 51.4 Å². The number of nitrogens with zero attached hydrogens (tertiary/aromatic N) is 3. The average molecular weight is 451 g/mol. The lowest BCUT2D eigenvalue weighted by atomic mass is 10.1. The number of aromatic nitrogens is 3. The van der Waals surface area contributed by atoms with Crippen LogP contribution in [-0.2, 0) is 16.7 Å². The van der Waals surface area contributed by atoms with Crippen LogP contribution in [0.3, 0.4) is 0 Å². The van der Waals surface area contributed by atoms with Crippen LogP contribution in [0, 0.1) is 0 Å². The molecule has 0 fully saturated rings. The molecule has 0 spiro atoms. The molecule has 32 heavy (non-hydrogen) atoms. The zero-order chi connectivity index (χ0) is 22.9. The van der Waals surface area contributed by atoms with Gasteiger partial charge < -0.3 is 14.5 Å². The molecule has 2 heterocycles. The molecule has 1 N–H and O–H groups in total. The highest BCUT2D eigenvalue weighted by atomic mass is 32.1. The molecule has 0 radical (unpaired) electrons. The minimum atomic E-state index is -0.869. The van der Waals surface area contributed by atoms with E-state index in [0.717, 1.165) is 20.8 Å². The van der Waals surface area contributed by atoms with Gasteiger partial charge in [-0.1, -0.05) is 36.4 Å². The third-order valence-electron chi connectivity index (χ3n) is 4.66. The summed E-state index contributed by atoms with van der Waals surface area (Å²) in [6.45, 7) is 9.01. The molecule has 7 nitrogen and oxygen atoms in total. The standard InChI is InChI=1S/C24H26N4O3S/c1-23(2,3)31-22(29)26-24(4,5)21-28-27-19(30-21)14-20-25-17-12-11-16(13-18(17)32-20)15-9-7-6-8-10-15/h6-13H,14H2,1-5H3,(H,26,29). The van der Waals surface area contributed by atoms with Gasteiger partial charge in [0.05, 0.1) is 16.6 Å². The number of alkyl carbamates (subject to hydrolysis) is 1. The number of ether oxygens (including phenoxy) is 1. The SMILES string of the molecule is CC(C)(C)OC(=O)NC(C)(C)c1nnc(Cc2nc3ccc(-c4ccccc4)cc3s2)o1. The molecule has 1 amide bonds. The molecule has 4 aromatic rings. The third-order valence-corrected chi connectivity index (χ3v) is 5.68. The summed E-state index contributed by atoms with van der Waals surface area (Å²) in [4.78, 5) is 16.8. The van der Waals surface area contributed by atoms with Crippen molar-refractivity contribution in [2.45, 2.75) is 52.2 Å². The molecule has 0 unspecified atom stereocenters. The fourth-order valence-electron chi connectivity index (χ4n) is 3.18. The highest BCUT2D eigenvalue weighted by Gasteiger charge is 2.31. The molecular formula is C24H26N4O3S. The highest BCUT2D eigenvalue weighted by molar-refractivity contribution is 7.18. The molecule has 0 atom stereocenters. The zero-order valence-electron chi connectivity index (χ0n) is 18.8. The van der Waals surface area contributed by atoms with Gasteiger partial charge in [-0.3, -0.25) is 0 Å². The van der Waals surface area contributed by atoms with E-state index in [1.54, 1.807) is 25.2 Å². The molecule has 166 valence electrons. The maximum absolute atomic E-state index is 12.1. The number of thiazole rings is 1. The van der Waals surface area contributed by atoms with E-state index in [0.29, 0.717) is 18.2 Å². The molecule has 0 bridgehead atoms. The van der Waals surface area contributed by atoms with E-state index in [-0.39, 0.29) is 0 Å². The van der Waals surface area contributed by atoms with Crippen molar-refractivity contribution in [1.82, 2.24) is 20.5 Å². The lowest BCUT2D eigenvalue weighted by Crippen LogP contribution is -2.44. The topological polar surface area (TPSA) is 90.1 Å². The Morgan fingerprint density at radius 2 is 1.78 bits per heavy atom. The number of rotatable bonds is 5. The Hall–Kier alpha value is -3.26. The summed E-state index contributed by atoms with van der Waals surface area (Å²) in [7, 11) is 0. The first kappa shape index (κ1) is 22.0. The second-order valence-electron chi connectivity index (χ2n) is 9.09. The first-order valence-electron chi connectivity index (χ1n) is 10.4. The van der Waals surface area contributed by atoms with E-state index < -0.39 is 17.2 Å². The van der Waals surface area contributed by atoms with E-state index in [2.05, 4.69) is 39.8 Å². The minimum absolute atomic E-state index is 0.311. The molecule has 2 aromatic heterocycles. The van der Waals surface area contributed by atoms with E-state index in [9.17, 15) is 4.79 Å². The van der Waals surface area contributed by atoms with E-state index in [1.807, 2.05) is 45.0 Å². The number of hydrogen-bond acceptors (Lipinski definition) is 7. The van der Waals surface area contributed by atoms with Crippen LogP contribution in [0.4, 0.5) is 4.79 Å². The summed E-state index contributed by atoms with van der Waals surface area (Å²) in [5.41, 5.74) is 1.81. The van der Waals surface area contributed by atoms with Gasteiger partial charge in [-0.05, 0) is 57.9 Å². The summed E-state index contributed by atoms with van der Waals surface area (Å²) >= 11 is 1.61. The molecule has 0 aliphatic heterocycles. The summed E-state index contributed by atoms with van der Waals surface area (Å²) in [5, 5.41) is 12.0. The number of amides is 1. The predicted molar refractivity (Wildman–Crippen MR) is 125 cm³/mol. The molecule has 0 aliphatic carbocycles. The Morgan fingerprint density at radius 3 is 2.50 bits per heavy atom. The summed E-state index contributed by atoms with van der Waals surface area (Å²) in [6, 6.07) is 16.5. The van der Waals surface area contributed by atoms with Crippen molar-refractivity contribution in [2.75, 3.05) is 0 Å². The number of benzene rings is 2. The largest absolute Gasteiger partial charge is 0.444 e. The lowest BCUT2D eigenvalue weighted by Gasteiger charge is -2.25. The Bertz CT molecular complexity index is 1240. The van der Waals surface area contributed by atoms with E-state index in [4.69, 9.17) is 14.1 Å². The number of hydrogen-bond donors (Lipinski definition) is 1. The fourth-order valence-corrected chi connectivity index (χ4v) is 4.17. The minimum Gasteiger partial charge on any atom is -0.444 e. The monoisotopic (exact) mass is 450 g/mol. The van der Waals surface area contributed by atoms with Crippen molar-refractivity contribution in [1.29, 1.82) is 0 Å². The Balaban J connectivity index is 1.48. The maximum atomic E-state index is 12.1. The van der Waals surface area contributed by atoms with Gasteiger partial charge in [0.2, 0.25) is 11.8 Å². The average Bonchev–Trinajstić information content (AvgIpc) is 3.33. The first-order valence-corrected chi connectivity index (χ1v) is 11.2. The smallest absolute Gasteiger partial charge is 0.408 e. The molecule has 0 aliphatic rings. The number of carbonyl (C=O) groups excluding carboxylic acids is 1. The Kier molecular flexibility index (Phi) is 5.73. The van der Waals surface area contributed by atoms with Crippen LogP contribution in [-0.4, -0.2) is 26.9 Å². The van der Waals surface area contributed by atoms with E-state index in [1.165, 1.54) is 5.56 Å². The second kappa shape index (κ2) is 8.35. The van der Waals surface area contributed by atoms with Crippen molar-refractivity contribution in [3.63, 3.8) is 0 Å². The van der Waals surface area contributed by atoms with Gasteiger partial charge in [0.25, 0.3) is 0 Å². The fraction of sp³-hybridized carbons (Fsp3) is 0.333. The Labute approximate surface area is 190 Å². The zero-order valence-corrected chi connectivity index (χ0v) is 19.6. The molecule has 2 aromatic carbocycles. The quantitative estimate of drug-likeness (QED) is 0.420. The summed E-state index contributed by atoms with van der Waals surface area (Å²) in [5.74, 6) is 0.757. The van der Waals surface area contributed by atoms with Crippen LogP contribution in [0.2, 0.25) is 0 Å². The predicted octanol–water partition coefficient (Wildman–Crippen LogP) is 5.70. The second-order valence-corrected chi connectivity index (χ2v) is 10.2. The van der Waals surface area contributed by atoms with Gasteiger partial charge in [0.15, 0.2) is 0 Å². The molecule has 8 heteroatoms. The molecule has 4 rings (SSSR count). The first-order chi connectivity index (χ1) is 15.1. The van der Waals surface area contributed by atoms with Crippen molar-refractivity contribution in [2.24, 2.45) is 0 Å². The maximum Gasteiger partial charge on any atom is 0.408 e. The van der Waals surface area contributed by atoms with Crippen molar-refractivity contribution < 1.29 is 13.9 Å². The molecular weight excluding hydrogens is 424 g/mol. The lowest BCUT2D eigenvalue weighted by molar-refractivity contribution is 0.0454. The number of carbonyl (C=O) groups is 1. The van der Waals surface area contributed by atoms with Gasteiger partial charge in [-0.25, -0.2) is 9.78 Å². The molecule has 0 saturated carbocycles. The van der Waals surface area contributed by atoms with Crippen molar-refractivity contribution >= 4 is 27.6 Å². The van der Waals surface area contributed by atoms with Gasteiger partial charge in [0.1, 0.15) is 16.1 Å².